The van der Waals surface area contributed by atoms with Gasteiger partial charge in [-0.15, -0.1) is 0 Å². The zero-order chi connectivity index (χ0) is 17.9. The van der Waals surface area contributed by atoms with Crippen molar-refractivity contribution in [3.05, 3.63) is 29.8 Å². The third-order valence-corrected chi connectivity index (χ3v) is 6.78. The lowest BCUT2D eigenvalue weighted by molar-refractivity contribution is 0.0724. The molecule has 0 bridgehead atoms. The van der Waals surface area contributed by atoms with E-state index in [2.05, 4.69) is 0 Å². The summed E-state index contributed by atoms with van der Waals surface area (Å²) < 4.78 is 32.2. The minimum Gasteiger partial charge on any atom is -0.377 e. The molecular formula is C18H26N2O4S. The smallest absolute Gasteiger partial charge is 0.253 e. The molecule has 0 radical (unpaired) electrons. The maximum atomic E-state index is 12.7. The highest BCUT2D eigenvalue weighted by Gasteiger charge is 2.26. The van der Waals surface area contributed by atoms with Crippen molar-refractivity contribution in [3.8, 4) is 0 Å². The number of hydrogen-bond acceptors (Lipinski definition) is 4. The number of benzene rings is 1. The molecule has 7 heteroatoms. The van der Waals surface area contributed by atoms with Gasteiger partial charge in [0, 0.05) is 38.9 Å². The van der Waals surface area contributed by atoms with Crippen LogP contribution in [-0.4, -0.2) is 62.9 Å². The second-order valence-corrected chi connectivity index (χ2v) is 8.84. The van der Waals surface area contributed by atoms with Crippen LogP contribution in [0.25, 0.3) is 0 Å². The molecule has 1 aromatic carbocycles. The molecule has 0 N–H and O–H groups in total. The number of likely N-dealkylation sites (tertiary alicyclic amines) is 1. The van der Waals surface area contributed by atoms with Gasteiger partial charge in [-0.25, -0.2) is 8.42 Å². The van der Waals surface area contributed by atoms with Crippen molar-refractivity contribution in [2.75, 3.05) is 33.3 Å². The number of hydrogen-bond donors (Lipinski definition) is 0. The Kier molecular flexibility index (Phi) is 5.76. The fourth-order valence-corrected chi connectivity index (χ4v) is 4.60. The SMILES string of the molecule is CN(CC1CCCO1)S(=O)(=O)c1ccc(C(=O)N2CCCCC2)cc1. The highest BCUT2D eigenvalue weighted by Crippen LogP contribution is 2.20. The van der Waals surface area contributed by atoms with Gasteiger partial charge >= 0.3 is 0 Å². The van der Waals surface area contributed by atoms with E-state index >= 15 is 0 Å². The van der Waals surface area contributed by atoms with Crippen LogP contribution in [0.5, 0.6) is 0 Å². The average molecular weight is 366 g/mol. The molecule has 3 rings (SSSR count). The van der Waals surface area contributed by atoms with Gasteiger partial charge in [0.1, 0.15) is 0 Å². The molecule has 1 amide bonds. The van der Waals surface area contributed by atoms with E-state index in [4.69, 9.17) is 4.74 Å². The van der Waals surface area contributed by atoms with Gasteiger partial charge in [0.15, 0.2) is 0 Å². The topological polar surface area (TPSA) is 66.9 Å². The molecule has 1 atom stereocenters. The van der Waals surface area contributed by atoms with Gasteiger partial charge in [-0.3, -0.25) is 4.79 Å². The number of nitrogens with zero attached hydrogens (tertiary/aromatic N) is 2. The molecule has 138 valence electrons. The van der Waals surface area contributed by atoms with Crippen LogP contribution in [-0.2, 0) is 14.8 Å². The molecule has 25 heavy (non-hydrogen) atoms. The summed E-state index contributed by atoms with van der Waals surface area (Å²) in [5.41, 5.74) is 0.544. The second kappa shape index (κ2) is 7.85. The Morgan fingerprint density at radius 1 is 1.16 bits per heavy atom. The molecule has 2 saturated heterocycles. The quantitative estimate of drug-likeness (QED) is 0.800. The Bertz CT molecular complexity index is 690. The predicted octanol–water partition coefficient (Wildman–Crippen LogP) is 2.11. The Morgan fingerprint density at radius 2 is 1.84 bits per heavy atom. The van der Waals surface area contributed by atoms with Crippen LogP contribution in [0.15, 0.2) is 29.2 Å². The van der Waals surface area contributed by atoms with E-state index in [0.717, 1.165) is 45.2 Å². The van der Waals surface area contributed by atoms with Crippen molar-refractivity contribution in [2.45, 2.75) is 43.1 Å². The average Bonchev–Trinajstić information content (AvgIpc) is 3.15. The van der Waals surface area contributed by atoms with E-state index in [0.29, 0.717) is 18.7 Å². The van der Waals surface area contributed by atoms with Crippen LogP contribution in [0.2, 0.25) is 0 Å². The van der Waals surface area contributed by atoms with Crippen LogP contribution < -0.4 is 0 Å². The van der Waals surface area contributed by atoms with Crippen molar-refractivity contribution in [2.24, 2.45) is 0 Å². The first-order chi connectivity index (χ1) is 12.0. The number of rotatable bonds is 5. The lowest BCUT2D eigenvalue weighted by Gasteiger charge is -2.26. The third-order valence-electron chi connectivity index (χ3n) is 4.94. The minimum absolute atomic E-state index is 0.0173. The van der Waals surface area contributed by atoms with Crippen LogP contribution in [0.4, 0.5) is 0 Å². The van der Waals surface area contributed by atoms with Gasteiger partial charge < -0.3 is 9.64 Å². The Hall–Kier alpha value is -1.44. The number of piperidine rings is 1. The zero-order valence-electron chi connectivity index (χ0n) is 14.7. The van der Waals surface area contributed by atoms with Gasteiger partial charge in [-0.1, -0.05) is 0 Å². The maximum absolute atomic E-state index is 12.7. The van der Waals surface area contributed by atoms with E-state index in [1.54, 1.807) is 19.2 Å². The van der Waals surface area contributed by atoms with E-state index < -0.39 is 10.0 Å². The van der Waals surface area contributed by atoms with Crippen molar-refractivity contribution in [1.29, 1.82) is 0 Å². The minimum atomic E-state index is -3.57. The second-order valence-electron chi connectivity index (χ2n) is 6.80. The summed E-state index contributed by atoms with van der Waals surface area (Å²) in [6, 6.07) is 6.28. The Balaban J connectivity index is 1.68. The standard InChI is InChI=1S/C18H26N2O4S/c1-19(14-16-6-5-13-24-16)25(22,23)17-9-7-15(8-10-17)18(21)20-11-3-2-4-12-20/h7-10,16H,2-6,11-14H2,1H3. The van der Waals surface area contributed by atoms with Crippen LogP contribution in [0.3, 0.4) is 0 Å². The molecule has 0 aliphatic carbocycles. The van der Waals surface area contributed by atoms with Crippen molar-refractivity contribution in [1.82, 2.24) is 9.21 Å². The Morgan fingerprint density at radius 3 is 2.44 bits per heavy atom. The maximum Gasteiger partial charge on any atom is 0.253 e. The Labute approximate surface area is 149 Å². The summed E-state index contributed by atoms with van der Waals surface area (Å²) in [7, 11) is -1.99. The normalized spacial score (nSPS) is 21.7. The first-order valence-electron chi connectivity index (χ1n) is 8.96. The number of ether oxygens (including phenoxy) is 1. The van der Waals surface area contributed by atoms with E-state index in [1.165, 1.54) is 16.4 Å². The van der Waals surface area contributed by atoms with Crippen LogP contribution in [0, 0.1) is 0 Å². The molecule has 2 fully saturated rings. The highest BCUT2D eigenvalue weighted by atomic mass is 32.2. The summed E-state index contributed by atoms with van der Waals surface area (Å²) in [6.07, 6.45) is 5.07. The monoisotopic (exact) mass is 366 g/mol. The molecule has 2 heterocycles. The van der Waals surface area contributed by atoms with E-state index in [1.807, 2.05) is 4.90 Å². The summed E-state index contributed by atoms with van der Waals surface area (Å²) in [6.45, 7) is 2.62. The number of likely N-dealkylation sites (N-methyl/N-ethyl adjacent to an activating group) is 1. The van der Waals surface area contributed by atoms with Crippen LogP contribution in [0.1, 0.15) is 42.5 Å². The van der Waals surface area contributed by atoms with E-state index in [9.17, 15) is 13.2 Å². The number of carbonyl (C=O) groups is 1. The molecule has 0 spiro atoms. The predicted molar refractivity (Wildman–Crippen MR) is 95.0 cm³/mol. The highest BCUT2D eigenvalue weighted by molar-refractivity contribution is 7.89. The molecule has 1 unspecified atom stereocenters. The first kappa shape index (κ1) is 18.4. The zero-order valence-corrected chi connectivity index (χ0v) is 15.5. The molecular weight excluding hydrogens is 340 g/mol. The van der Waals surface area contributed by atoms with Crippen LogP contribution >= 0.6 is 0 Å². The molecule has 2 aliphatic rings. The van der Waals surface area contributed by atoms with E-state index in [-0.39, 0.29) is 16.9 Å². The lowest BCUT2D eigenvalue weighted by atomic mass is 10.1. The molecule has 0 saturated carbocycles. The van der Waals surface area contributed by atoms with Gasteiger partial charge in [-0.05, 0) is 56.4 Å². The fourth-order valence-electron chi connectivity index (χ4n) is 3.40. The van der Waals surface area contributed by atoms with Gasteiger partial charge in [-0.2, -0.15) is 4.31 Å². The van der Waals surface area contributed by atoms with Gasteiger partial charge in [0.05, 0.1) is 11.0 Å². The van der Waals surface area contributed by atoms with Crippen molar-refractivity contribution >= 4 is 15.9 Å². The summed E-state index contributed by atoms with van der Waals surface area (Å²) >= 11 is 0. The number of sulfonamides is 1. The molecule has 0 aromatic heterocycles. The number of carbonyl (C=O) groups excluding carboxylic acids is 1. The summed E-state index contributed by atoms with van der Waals surface area (Å²) in [5, 5.41) is 0. The first-order valence-corrected chi connectivity index (χ1v) is 10.4. The van der Waals surface area contributed by atoms with Gasteiger partial charge in [0.25, 0.3) is 5.91 Å². The lowest BCUT2D eigenvalue weighted by Crippen LogP contribution is -2.35. The molecule has 6 nitrogen and oxygen atoms in total. The largest absolute Gasteiger partial charge is 0.377 e. The van der Waals surface area contributed by atoms with Crippen molar-refractivity contribution in [3.63, 3.8) is 0 Å². The van der Waals surface area contributed by atoms with Crippen molar-refractivity contribution < 1.29 is 17.9 Å². The molecule has 1 aromatic rings. The summed E-state index contributed by atoms with van der Waals surface area (Å²) in [4.78, 5) is 14.5. The number of amides is 1. The molecule has 2 aliphatic heterocycles. The van der Waals surface area contributed by atoms with Gasteiger partial charge in [0.2, 0.25) is 10.0 Å². The third kappa shape index (κ3) is 4.22. The summed E-state index contributed by atoms with van der Waals surface area (Å²) in [5.74, 6) is -0.0173. The fraction of sp³-hybridized carbons (Fsp3) is 0.611.